The lowest BCUT2D eigenvalue weighted by atomic mass is 9.98. The zero-order valence-electron chi connectivity index (χ0n) is 9.98. The molecule has 2 saturated carbocycles. The molecule has 2 aliphatic carbocycles. The molecule has 88 valence electrons. The first-order chi connectivity index (χ1) is 7.77. The zero-order chi connectivity index (χ0) is 11.1. The van der Waals surface area contributed by atoms with Gasteiger partial charge in [-0.1, -0.05) is 12.8 Å². The molecule has 3 aliphatic rings. The van der Waals surface area contributed by atoms with Crippen LogP contribution in [-0.4, -0.2) is 22.7 Å². The number of amides is 1. The van der Waals surface area contributed by atoms with Crippen LogP contribution < -0.4 is 0 Å². The predicted octanol–water partition coefficient (Wildman–Crippen LogP) is 2.56. The van der Waals surface area contributed by atoms with Gasteiger partial charge in [0.2, 0.25) is 0 Å². The normalized spacial score (nSPS) is 32.1. The van der Waals surface area contributed by atoms with E-state index in [0.717, 1.165) is 18.8 Å². The van der Waals surface area contributed by atoms with E-state index in [-0.39, 0.29) is 11.8 Å². The van der Waals surface area contributed by atoms with Crippen LogP contribution in [0.25, 0.3) is 0 Å². The third kappa shape index (κ3) is 1.66. The number of fused-ring (bicyclic) bond motifs is 1. The third-order valence-electron chi connectivity index (χ3n) is 4.28. The highest BCUT2D eigenvalue weighted by Crippen LogP contribution is 2.38. The van der Waals surface area contributed by atoms with Crippen LogP contribution >= 0.6 is 0 Å². The summed E-state index contributed by atoms with van der Waals surface area (Å²) in [7, 11) is 0. The van der Waals surface area contributed by atoms with E-state index < -0.39 is 0 Å². The van der Waals surface area contributed by atoms with E-state index in [9.17, 15) is 4.79 Å². The smallest absolute Gasteiger partial charge is 0.251 e. The second kappa shape index (κ2) is 3.86. The molecule has 3 nitrogen and oxygen atoms in total. The molecule has 3 rings (SSSR count). The molecule has 0 radical (unpaired) electrons. The minimum atomic E-state index is 0.142. The van der Waals surface area contributed by atoms with Crippen LogP contribution in [0.2, 0.25) is 0 Å². The van der Waals surface area contributed by atoms with Crippen LogP contribution in [0.4, 0.5) is 0 Å². The molecule has 0 aromatic heterocycles. The number of carbonyl (C=O) groups is 1. The van der Waals surface area contributed by atoms with Gasteiger partial charge in [-0.25, -0.2) is 5.01 Å². The Morgan fingerprint density at radius 3 is 2.81 bits per heavy atom. The molecule has 2 atom stereocenters. The maximum atomic E-state index is 12.3. The van der Waals surface area contributed by atoms with Crippen molar-refractivity contribution in [2.75, 3.05) is 0 Å². The van der Waals surface area contributed by atoms with Crippen molar-refractivity contribution in [2.24, 2.45) is 16.9 Å². The van der Waals surface area contributed by atoms with Gasteiger partial charge in [-0.2, -0.15) is 5.10 Å². The first-order valence-electron chi connectivity index (χ1n) is 6.68. The Hall–Kier alpha value is -0.860. The molecule has 2 fully saturated rings. The molecule has 1 amide bonds. The van der Waals surface area contributed by atoms with E-state index in [1.807, 2.05) is 5.01 Å². The van der Waals surface area contributed by atoms with Crippen molar-refractivity contribution < 1.29 is 4.79 Å². The number of rotatable bonds is 2. The number of nitrogens with zero attached hydrogens (tertiary/aromatic N) is 2. The highest BCUT2D eigenvalue weighted by molar-refractivity contribution is 6.08. The lowest BCUT2D eigenvalue weighted by molar-refractivity contribution is -0.134. The van der Waals surface area contributed by atoms with Gasteiger partial charge in [0, 0.05) is 0 Å². The molecular formula is C13H20N2O. The summed E-state index contributed by atoms with van der Waals surface area (Å²) in [6, 6.07) is 0.340. The Morgan fingerprint density at radius 1 is 1.25 bits per heavy atom. The molecule has 0 bridgehead atoms. The molecule has 0 saturated heterocycles. The Kier molecular flexibility index (Phi) is 2.49. The van der Waals surface area contributed by atoms with Crippen LogP contribution in [0.15, 0.2) is 5.10 Å². The lowest BCUT2D eigenvalue weighted by Gasteiger charge is -2.21. The number of hydrogen-bond donors (Lipinski definition) is 0. The van der Waals surface area contributed by atoms with Crippen molar-refractivity contribution >= 4 is 11.6 Å². The number of hydrogen-bond acceptors (Lipinski definition) is 2. The molecular weight excluding hydrogens is 200 g/mol. The van der Waals surface area contributed by atoms with Crippen LogP contribution in [0, 0.1) is 11.8 Å². The Balaban J connectivity index is 1.79. The largest absolute Gasteiger partial charge is 0.272 e. The fourth-order valence-corrected chi connectivity index (χ4v) is 2.98. The molecule has 0 aromatic rings. The van der Waals surface area contributed by atoms with E-state index in [4.69, 9.17) is 0 Å². The van der Waals surface area contributed by atoms with Crippen molar-refractivity contribution in [1.82, 2.24) is 5.01 Å². The summed E-state index contributed by atoms with van der Waals surface area (Å²) in [6.07, 6.45) is 8.31. The summed E-state index contributed by atoms with van der Waals surface area (Å²) in [5, 5.41) is 6.42. The summed E-state index contributed by atoms with van der Waals surface area (Å²) >= 11 is 0. The van der Waals surface area contributed by atoms with Gasteiger partial charge in [0.1, 0.15) is 0 Å². The fourth-order valence-electron chi connectivity index (χ4n) is 2.98. The average molecular weight is 220 g/mol. The second-order valence-electron chi connectivity index (χ2n) is 5.50. The van der Waals surface area contributed by atoms with Crippen molar-refractivity contribution in [3.63, 3.8) is 0 Å². The minimum Gasteiger partial charge on any atom is -0.272 e. The summed E-state index contributed by atoms with van der Waals surface area (Å²) in [5.41, 5.74) is 1.18. The molecule has 3 heteroatoms. The Bertz CT molecular complexity index is 333. The molecule has 1 heterocycles. The summed E-state index contributed by atoms with van der Waals surface area (Å²) in [5.74, 6) is 1.15. The van der Waals surface area contributed by atoms with Gasteiger partial charge in [0.05, 0.1) is 17.7 Å². The maximum absolute atomic E-state index is 12.3. The van der Waals surface area contributed by atoms with Crippen LogP contribution in [0.3, 0.4) is 0 Å². The van der Waals surface area contributed by atoms with Crippen LogP contribution in [0.5, 0.6) is 0 Å². The van der Waals surface area contributed by atoms with Gasteiger partial charge < -0.3 is 0 Å². The van der Waals surface area contributed by atoms with Crippen LogP contribution in [0.1, 0.15) is 51.9 Å². The quantitative estimate of drug-likeness (QED) is 0.704. The molecule has 16 heavy (non-hydrogen) atoms. The second-order valence-corrected chi connectivity index (χ2v) is 5.50. The first-order valence-corrected chi connectivity index (χ1v) is 6.68. The van der Waals surface area contributed by atoms with E-state index in [2.05, 4.69) is 12.0 Å². The maximum Gasteiger partial charge on any atom is 0.251 e. The van der Waals surface area contributed by atoms with E-state index >= 15 is 0 Å². The highest BCUT2D eigenvalue weighted by Gasteiger charge is 2.42. The Labute approximate surface area is 96.9 Å². The summed E-state index contributed by atoms with van der Waals surface area (Å²) in [6.45, 7) is 2.16. The van der Waals surface area contributed by atoms with Gasteiger partial charge in [-0.3, -0.25) is 4.79 Å². The first kappa shape index (κ1) is 10.3. The van der Waals surface area contributed by atoms with Crippen LogP contribution in [-0.2, 0) is 4.79 Å². The monoisotopic (exact) mass is 220 g/mol. The van der Waals surface area contributed by atoms with Crippen molar-refractivity contribution in [1.29, 1.82) is 0 Å². The fraction of sp³-hybridized carbons (Fsp3) is 0.846. The van der Waals surface area contributed by atoms with Gasteiger partial charge in [0.25, 0.3) is 5.91 Å². The van der Waals surface area contributed by atoms with Gasteiger partial charge in [-0.15, -0.1) is 0 Å². The molecule has 2 unspecified atom stereocenters. The molecule has 0 spiro atoms. The highest BCUT2D eigenvalue weighted by atomic mass is 16.2. The van der Waals surface area contributed by atoms with Crippen molar-refractivity contribution in [2.45, 2.75) is 57.9 Å². The molecule has 0 N–H and O–H groups in total. The summed E-state index contributed by atoms with van der Waals surface area (Å²) in [4.78, 5) is 12.3. The van der Waals surface area contributed by atoms with Gasteiger partial charge in [-0.05, 0) is 44.9 Å². The topological polar surface area (TPSA) is 32.7 Å². The molecule has 0 aromatic carbocycles. The standard InChI is InChI=1S/C13H20N2O/c1-9(10-7-8-10)15-13(16)11-5-3-2-4-6-12(11)14-15/h9-11H,2-8H2,1H3. The number of hydrazone groups is 1. The van der Waals surface area contributed by atoms with Gasteiger partial charge >= 0.3 is 0 Å². The average Bonchev–Trinajstić information content (AvgIpc) is 3.09. The number of carbonyl (C=O) groups excluding carboxylic acids is 1. The van der Waals surface area contributed by atoms with E-state index in [0.29, 0.717) is 6.04 Å². The molecule has 1 aliphatic heterocycles. The summed E-state index contributed by atoms with van der Waals surface area (Å²) < 4.78 is 0. The third-order valence-corrected chi connectivity index (χ3v) is 4.28. The lowest BCUT2D eigenvalue weighted by Crippen LogP contribution is -2.35. The van der Waals surface area contributed by atoms with E-state index in [1.165, 1.54) is 37.8 Å². The van der Waals surface area contributed by atoms with E-state index in [1.54, 1.807) is 0 Å². The SMILES string of the molecule is CC(C1CC1)N1N=C2CCCCCC2C1=O. The Morgan fingerprint density at radius 2 is 2.06 bits per heavy atom. The van der Waals surface area contributed by atoms with Crippen molar-refractivity contribution in [3.05, 3.63) is 0 Å². The van der Waals surface area contributed by atoms with Crippen molar-refractivity contribution in [3.8, 4) is 0 Å². The zero-order valence-corrected chi connectivity index (χ0v) is 9.98. The minimum absolute atomic E-state index is 0.142. The predicted molar refractivity (Wildman–Crippen MR) is 63.0 cm³/mol. The van der Waals surface area contributed by atoms with Gasteiger partial charge in [0.15, 0.2) is 0 Å².